The second-order valence-electron chi connectivity index (χ2n) is 5.20. The molecule has 0 spiro atoms. The van der Waals surface area contributed by atoms with Crippen LogP contribution < -0.4 is 14.9 Å². The first-order chi connectivity index (χ1) is 12.2. The van der Waals surface area contributed by atoms with Gasteiger partial charge in [0.05, 0.1) is 26.0 Å². The molecule has 0 aliphatic heterocycles. The molecule has 3 rings (SSSR count). The maximum atomic E-state index is 12.2. The van der Waals surface area contributed by atoms with Crippen LogP contribution in [0, 0.1) is 0 Å². The minimum Gasteiger partial charge on any atom is -0.493 e. The summed E-state index contributed by atoms with van der Waals surface area (Å²) in [6.45, 7) is 0. The van der Waals surface area contributed by atoms with Crippen LogP contribution >= 0.6 is 0 Å². The molecule has 2 aromatic carbocycles. The van der Waals surface area contributed by atoms with Gasteiger partial charge in [-0.1, -0.05) is 24.3 Å². The maximum absolute atomic E-state index is 12.2. The summed E-state index contributed by atoms with van der Waals surface area (Å²) in [4.78, 5) is 16.5. The van der Waals surface area contributed by atoms with Gasteiger partial charge in [0.1, 0.15) is 5.69 Å². The zero-order valence-corrected chi connectivity index (χ0v) is 13.9. The Morgan fingerprint density at radius 1 is 1.04 bits per heavy atom. The quantitative estimate of drug-likeness (QED) is 0.575. The van der Waals surface area contributed by atoms with E-state index >= 15 is 0 Å². The van der Waals surface area contributed by atoms with Crippen molar-refractivity contribution in [2.45, 2.75) is 0 Å². The minimum absolute atomic E-state index is 0.308. The smallest absolute Gasteiger partial charge is 0.289 e. The number of pyridine rings is 1. The predicted octanol–water partition coefficient (Wildman–Crippen LogP) is 3.02. The Labute approximate surface area is 145 Å². The lowest BCUT2D eigenvalue weighted by Gasteiger charge is -2.07. The first-order valence-corrected chi connectivity index (χ1v) is 7.62. The highest BCUT2D eigenvalue weighted by molar-refractivity contribution is 5.95. The Morgan fingerprint density at radius 2 is 1.84 bits per heavy atom. The number of ether oxygens (including phenoxy) is 2. The van der Waals surface area contributed by atoms with Gasteiger partial charge in [-0.15, -0.1) is 0 Å². The molecule has 0 atom stereocenters. The van der Waals surface area contributed by atoms with Crippen molar-refractivity contribution >= 4 is 23.0 Å². The van der Waals surface area contributed by atoms with E-state index in [0.29, 0.717) is 17.2 Å². The number of carbonyl (C=O) groups is 1. The number of carbonyl (C=O) groups excluding carboxylic acids is 1. The number of fused-ring (bicyclic) bond motifs is 1. The van der Waals surface area contributed by atoms with Crippen LogP contribution in [0.5, 0.6) is 11.5 Å². The summed E-state index contributed by atoms with van der Waals surface area (Å²) in [6.07, 6.45) is 1.53. The highest BCUT2D eigenvalue weighted by Gasteiger charge is 2.07. The second kappa shape index (κ2) is 7.44. The topological polar surface area (TPSA) is 72.8 Å². The van der Waals surface area contributed by atoms with Crippen molar-refractivity contribution in [2.24, 2.45) is 5.10 Å². The summed E-state index contributed by atoms with van der Waals surface area (Å²) in [7, 11) is 3.13. The Hall–Kier alpha value is -3.41. The number of hydrazone groups is 1. The van der Waals surface area contributed by atoms with Crippen molar-refractivity contribution in [1.82, 2.24) is 10.4 Å². The standard InChI is InChI=1S/C19H17N3O3/c1-24-17-10-7-13(11-18(17)25-2)12-20-22-19(23)16-9-8-14-5-3-4-6-15(14)21-16/h3-12H,1-2H3,(H,22,23)/b20-12+. The van der Waals surface area contributed by atoms with Gasteiger partial charge in [0.25, 0.3) is 5.91 Å². The third-order valence-corrected chi connectivity index (χ3v) is 3.62. The molecule has 1 amide bonds. The van der Waals surface area contributed by atoms with Gasteiger partial charge in [-0.2, -0.15) is 5.10 Å². The fraction of sp³-hybridized carbons (Fsp3) is 0.105. The van der Waals surface area contributed by atoms with Crippen LogP contribution in [0.4, 0.5) is 0 Å². The molecule has 0 aliphatic carbocycles. The van der Waals surface area contributed by atoms with E-state index in [4.69, 9.17) is 9.47 Å². The Morgan fingerprint density at radius 3 is 2.64 bits per heavy atom. The molecular formula is C19H17N3O3. The molecule has 0 aliphatic rings. The number of methoxy groups -OCH3 is 2. The molecule has 0 bridgehead atoms. The highest BCUT2D eigenvalue weighted by atomic mass is 16.5. The van der Waals surface area contributed by atoms with Crippen molar-refractivity contribution < 1.29 is 14.3 Å². The number of amides is 1. The minimum atomic E-state index is -0.373. The summed E-state index contributed by atoms with van der Waals surface area (Å²) in [6, 6.07) is 16.5. The average Bonchev–Trinajstić information content (AvgIpc) is 2.67. The number of aromatic nitrogens is 1. The van der Waals surface area contributed by atoms with Crippen molar-refractivity contribution in [1.29, 1.82) is 0 Å². The van der Waals surface area contributed by atoms with Gasteiger partial charge < -0.3 is 9.47 Å². The number of rotatable bonds is 5. The zero-order valence-electron chi connectivity index (χ0n) is 13.9. The maximum Gasteiger partial charge on any atom is 0.289 e. The third-order valence-electron chi connectivity index (χ3n) is 3.62. The summed E-state index contributed by atoms with van der Waals surface area (Å²) in [5.41, 5.74) is 4.31. The van der Waals surface area contributed by atoms with Crippen LogP contribution in [-0.2, 0) is 0 Å². The molecule has 0 fully saturated rings. The van der Waals surface area contributed by atoms with E-state index in [2.05, 4.69) is 15.5 Å². The van der Waals surface area contributed by atoms with E-state index in [9.17, 15) is 4.79 Å². The van der Waals surface area contributed by atoms with E-state index in [-0.39, 0.29) is 5.91 Å². The Balaban J connectivity index is 1.71. The second-order valence-corrected chi connectivity index (χ2v) is 5.20. The van der Waals surface area contributed by atoms with Crippen LogP contribution in [0.1, 0.15) is 16.1 Å². The normalized spacial score (nSPS) is 10.8. The van der Waals surface area contributed by atoms with Crippen LogP contribution in [0.25, 0.3) is 10.9 Å². The molecule has 3 aromatic rings. The van der Waals surface area contributed by atoms with E-state index < -0.39 is 0 Å². The molecule has 25 heavy (non-hydrogen) atoms. The number of hydrogen-bond donors (Lipinski definition) is 1. The van der Waals surface area contributed by atoms with Crippen LogP contribution in [-0.4, -0.2) is 31.3 Å². The van der Waals surface area contributed by atoms with Crippen LogP contribution in [0.3, 0.4) is 0 Å². The lowest BCUT2D eigenvalue weighted by atomic mass is 10.2. The molecule has 0 radical (unpaired) electrons. The van der Waals surface area contributed by atoms with Crippen molar-refractivity contribution in [3.05, 3.63) is 65.9 Å². The molecule has 0 unspecified atom stereocenters. The highest BCUT2D eigenvalue weighted by Crippen LogP contribution is 2.26. The number of para-hydroxylation sites is 1. The third kappa shape index (κ3) is 3.74. The van der Waals surface area contributed by atoms with Crippen molar-refractivity contribution in [2.75, 3.05) is 14.2 Å². The van der Waals surface area contributed by atoms with Gasteiger partial charge in [0.15, 0.2) is 11.5 Å². The molecule has 0 saturated carbocycles. The molecule has 1 N–H and O–H groups in total. The van der Waals surface area contributed by atoms with Crippen LogP contribution in [0.15, 0.2) is 59.7 Å². The molecule has 126 valence electrons. The van der Waals surface area contributed by atoms with E-state index in [1.54, 1.807) is 32.4 Å². The van der Waals surface area contributed by atoms with E-state index in [1.165, 1.54) is 6.21 Å². The van der Waals surface area contributed by atoms with Gasteiger partial charge in [0, 0.05) is 5.39 Å². The molecule has 1 heterocycles. The summed E-state index contributed by atoms with van der Waals surface area (Å²) < 4.78 is 10.4. The first kappa shape index (κ1) is 16.4. The van der Waals surface area contributed by atoms with Gasteiger partial charge in [-0.25, -0.2) is 10.4 Å². The van der Waals surface area contributed by atoms with Gasteiger partial charge >= 0.3 is 0 Å². The first-order valence-electron chi connectivity index (χ1n) is 7.62. The number of nitrogens with one attached hydrogen (secondary N) is 1. The molecule has 6 heteroatoms. The lowest BCUT2D eigenvalue weighted by Crippen LogP contribution is -2.18. The molecule has 6 nitrogen and oxygen atoms in total. The van der Waals surface area contributed by atoms with Gasteiger partial charge in [-0.3, -0.25) is 4.79 Å². The zero-order chi connectivity index (χ0) is 17.6. The summed E-state index contributed by atoms with van der Waals surface area (Å²) in [5.74, 6) is 0.848. The van der Waals surface area contributed by atoms with Crippen molar-refractivity contribution in [3.8, 4) is 11.5 Å². The number of benzene rings is 2. The van der Waals surface area contributed by atoms with E-state index in [0.717, 1.165) is 16.5 Å². The summed E-state index contributed by atoms with van der Waals surface area (Å²) >= 11 is 0. The number of nitrogens with zero attached hydrogens (tertiary/aromatic N) is 2. The van der Waals surface area contributed by atoms with Gasteiger partial charge in [0.2, 0.25) is 0 Å². The monoisotopic (exact) mass is 335 g/mol. The summed E-state index contributed by atoms with van der Waals surface area (Å²) in [5, 5.41) is 4.95. The molecular weight excluding hydrogens is 318 g/mol. The SMILES string of the molecule is COc1ccc(/C=N/NC(=O)c2ccc3ccccc3n2)cc1OC. The van der Waals surface area contributed by atoms with Crippen LogP contribution in [0.2, 0.25) is 0 Å². The molecule has 0 saturated heterocycles. The predicted molar refractivity (Wildman–Crippen MR) is 96.3 cm³/mol. The molecule has 1 aromatic heterocycles. The van der Waals surface area contributed by atoms with E-state index in [1.807, 2.05) is 36.4 Å². The number of hydrogen-bond acceptors (Lipinski definition) is 5. The average molecular weight is 335 g/mol. The fourth-order valence-corrected chi connectivity index (χ4v) is 2.35. The van der Waals surface area contributed by atoms with Crippen molar-refractivity contribution in [3.63, 3.8) is 0 Å². The van der Waals surface area contributed by atoms with Gasteiger partial charge in [-0.05, 0) is 35.9 Å². The Bertz CT molecular complexity index is 938. The Kier molecular flexibility index (Phi) is 4.89. The lowest BCUT2D eigenvalue weighted by molar-refractivity contribution is 0.0950. The largest absolute Gasteiger partial charge is 0.493 e. The fourth-order valence-electron chi connectivity index (χ4n) is 2.35.